The predicted molar refractivity (Wildman–Crippen MR) is 74.2 cm³/mol. The smallest absolute Gasteiger partial charge is 0.254 e. The summed E-state index contributed by atoms with van der Waals surface area (Å²) in [6, 6.07) is 1.63. The van der Waals surface area contributed by atoms with E-state index in [2.05, 4.69) is 26.2 Å². The second-order valence-corrected chi connectivity index (χ2v) is 4.85. The van der Waals surface area contributed by atoms with Crippen LogP contribution < -0.4 is 15.8 Å². The van der Waals surface area contributed by atoms with Gasteiger partial charge in [-0.3, -0.25) is 4.79 Å². The molecule has 2 rings (SSSR count). The highest BCUT2D eigenvalue weighted by molar-refractivity contribution is 9.10. The van der Waals surface area contributed by atoms with Crippen LogP contribution in [0.5, 0.6) is 5.88 Å². The molecular formula is C11H15BrClN3O2. The number of carbonyl (C=O) groups is 1. The molecule has 0 saturated carbocycles. The lowest BCUT2D eigenvalue weighted by atomic mass is 10.1. The zero-order valence-electron chi connectivity index (χ0n) is 9.69. The summed E-state index contributed by atoms with van der Waals surface area (Å²) in [5.41, 5.74) is 5.61. The molecule has 0 aromatic carbocycles. The summed E-state index contributed by atoms with van der Waals surface area (Å²) < 4.78 is 6.44. The third-order valence-electron chi connectivity index (χ3n) is 2.65. The van der Waals surface area contributed by atoms with E-state index in [4.69, 9.17) is 10.5 Å². The van der Waals surface area contributed by atoms with Gasteiger partial charge in [0.25, 0.3) is 5.91 Å². The summed E-state index contributed by atoms with van der Waals surface area (Å²) in [5, 5.41) is 3.25. The van der Waals surface area contributed by atoms with Crippen molar-refractivity contribution in [2.45, 2.75) is 18.9 Å². The molecule has 5 nitrogen and oxygen atoms in total. The fraction of sp³-hybridized carbons (Fsp3) is 0.455. The number of primary amides is 1. The van der Waals surface area contributed by atoms with Crippen molar-refractivity contribution >= 4 is 34.2 Å². The van der Waals surface area contributed by atoms with Crippen LogP contribution in [0.15, 0.2) is 16.7 Å². The molecule has 2 heterocycles. The molecule has 0 bridgehead atoms. The Bertz CT molecular complexity index is 425. The largest absolute Gasteiger partial charge is 0.474 e. The van der Waals surface area contributed by atoms with E-state index in [1.165, 1.54) is 0 Å². The molecule has 7 heteroatoms. The Kier molecular flexibility index (Phi) is 5.84. The maximum atomic E-state index is 11.3. The first-order valence-electron chi connectivity index (χ1n) is 5.49. The third-order valence-corrected chi connectivity index (χ3v) is 3.08. The van der Waals surface area contributed by atoms with E-state index in [1.54, 1.807) is 12.3 Å². The molecule has 1 fully saturated rings. The van der Waals surface area contributed by atoms with E-state index in [9.17, 15) is 4.79 Å². The number of halogens is 2. The van der Waals surface area contributed by atoms with Gasteiger partial charge in [-0.2, -0.15) is 0 Å². The molecule has 1 amide bonds. The first-order valence-corrected chi connectivity index (χ1v) is 6.29. The number of carbonyl (C=O) groups excluding carboxylic acids is 1. The van der Waals surface area contributed by atoms with Gasteiger partial charge in [0.05, 0.1) is 0 Å². The zero-order chi connectivity index (χ0) is 12.3. The van der Waals surface area contributed by atoms with Crippen LogP contribution in [-0.2, 0) is 0 Å². The Balaban J connectivity index is 0.00000162. The minimum absolute atomic E-state index is 0. The van der Waals surface area contributed by atoms with Crippen molar-refractivity contribution in [1.82, 2.24) is 10.3 Å². The molecular weight excluding hydrogens is 321 g/mol. The SMILES string of the molecule is Cl.NC(=O)c1cc(Br)cnc1OC1CCNCC1. The van der Waals surface area contributed by atoms with Crippen molar-refractivity contribution in [3.8, 4) is 5.88 Å². The van der Waals surface area contributed by atoms with E-state index in [0.717, 1.165) is 25.9 Å². The van der Waals surface area contributed by atoms with Crippen molar-refractivity contribution in [3.05, 3.63) is 22.3 Å². The highest BCUT2D eigenvalue weighted by Crippen LogP contribution is 2.22. The molecule has 0 atom stereocenters. The minimum Gasteiger partial charge on any atom is -0.474 e. The van der Waals surface area contributed by atoms with Gasteiger partial charge in [0.2, 0.25) is 5.88 Å². The van der Waals surface area contributed by atoms with Gasteiger partial charge in [0.1, 0.15) is 11.7 Å². The fourth-order valence-corrected chi connectivity index (χ4v) is 2.10. The second-order valence-electron chi connectivity index (χ2n) is 3.94. The molecule has 18 heavy (non-hydrogen) atoms. The highest BCUT2D eigenvalue weighted by atomic mass is 79.9. The standard InChI is InChI=1S/C11H14BrN3O2.ClH/c12-7-5-9(10(13)16)11(15-6-7)17-8-1-3-14-4-2-8;/h5-6,8,14H,1-4H2,(H2,13,16);1H. The number of amides is 1. The summed E-state index contributed by atoms with van der Waals surface area (Å²) in [6.45, 7) is 1.85. The second kappa shape index (κ2) is 6.92. The van der Waals surface area contributed by atoms with E-state index in [1.807, 2.05) is 0 Å². The van der Waals surface area contributed by atoms with Gasteiger partial charge in [-0.1, -0.05) is 0 Å². The lowest BCUT2D eigenvalue weighted by Gasteiger charge is -2.23. The van der Waals surface area contributed by atoms with Crippen molar-refractivity contribution in [3.63, 3.8) is 0 Å². The molecule has 1 aliphatic rings. The van der Waals surface area contributed by atoms with Crippen molar-refractivity contribution in [1.29, 1.82) is 0 Å². The van der Waals surface area contributed by atoms with Crippen LogP contribution in [0, 0.1) is 0 Å². The van der Waals surface area contributed by atoms with Crippen molar-refractivity contribution < 1.29 is 9.53 Å². The number of pyridine rings is 1. The molecule has 0 radical (unpaired) electrons. The number of nitrogens with one attached hydrogen (secondary N) is 1. The summed E-state index contributed by atoms with van der Waals surface area (Å²) >= 11 is 3.25. The number of nitrogens with zero attached hydrogens (tertiary/aromatic N) is 1. The van der Waals surface area contributed by atoms with Crippen LogP contribution in [-0.4, -0.2) is 30.1 Å². The van der Waals surface area contributed by atoms with Gasteiger partial charge in [0, 0.05) is 10.7 Å². The number of piperidine rings is 1. The first kappa shape index (κ1) is 15.2. The molecule has 1 saturated heterocycles. The molecule has 0 unspecified atom stereocenters. The number of aromatic nitrogens is 1. The number of hydrogen-bond acceptors (Lipinski definition) is 4. The molecule has 0 spiro atoms. The van der Waals surface area contributed by atoms with E-state index in [-0.39, 0.29) is 18.5 Å². The molecule has 0 aliphatic carbocycles. The van der Waals surface area contributed by atoms with Crippen LogP contribution in [0.3, 0.4) is 0 Å². The van der Waals surface area contributed by atoms with Crippen LogP contribution in [0.2, 0.25) is 0 Å². The number of rotatable bonds is 3. The lowest BCUT2D eigenvalue weighted by Crippen LogP contribution is -2.34. The predicted octanol–water partition coefficient (Wildman–Crippen LogP) is 1.50. The Hall–Kier alpha value is -0.850. The van der Waals surface area contributed by atoms with Gasteiger partial charge in [0.15, 0.2) is 0 Å². The number of nitrogens with two attached hydrogens (primary N) is 1. The lowest BCUT2D eigenvalue weighted by molar-refractivity contribution is 0.0986. The average molecular weight is 337 g/mol. The summed E-state index contributed by atoms with van der Waals surface area (Å²) in [6.07, 6.45) is 3.53. The maximum Gasteiger partial charge on any atom is 0.254 e. The molecule has 1 aromatic rings. The third kappa shape index (κ3) is 3.83. The quantitative estimate of drug-likeness (QED) is 0.877. The summed E-state index contributed by atoms with van der Waals surface area (Å²) in [7, 11) is 0. The van der Waals surface area contributed by atoms with E-state index < -0.39 is 5.91 Å². The topological polar surface area (TPSA) is 77.2 Å². The van der Waals surface area contributed by atoms with E-state index in [0.29, 0.717) is 15.9 Å². The van der Waals surface area contributed by atoms with Crippen molar-refractivity contribution in [2.75, 3.05) is 13.1 Å². The van der Waals surface area contributed by atoms with Gasteiger partial charge in [-0.25, -0.2) is 4.98 Å². The Morgan fingerprint density at radius 1 is 1.50 bits per heavy atom. The van der Waals surface area contributed by atoms with E-state index >= 15 is 0 Å². The van der Waals surface area contributed by atoms with Gasteiger partial charge < -0.3 is 15.8 Å². The van der Waals surface area contributed by atoms with Gasteiger partial charge >= 0.3 is 0 Å². The normalized spacial score (nSPS) is 15.8. The molecule has 1 aliphatic heterocycles. The van der Waals surface area contributed by atoms with Gasteiger partial charge in [-0.15, -0.1) is 12.4 Å². The maximum absolute atomic E-state index is 11.3. The monoisotopic (exact) mass is 335 g/mol. The molecule has 100 valence electrons. The Morgan fingerprint density at radius 2 is 2.17 bits per heavy atom. The minimum atomic E-state index is -0.525. The number of hydrogen-bond donors (Lipinski definition) is 2. The molecule has 3 N–H and O–H groups in total. The van der Waals surface area contributed by atoms with Gasteiger partial charge in [-0.05, 0) is 47.9 Å². The number of ether oxygens (including phenoxy) is 1. The Labute approximate surface area is 120 Å². The van der Waals surface area contributed by atoms with Crippen LogP contribution in [0.1, 0.15) is 23.2 Å². The summed E-state index contributed by atoms with van der Waals surface area (Å²) in [5.74, 6) is -0.199. The fourth-order valence-electron chi connectivity index (χ4n) is 1.77. The van der Waals surface area contributed by atoms with Crippen LogP contribution in [0.4, 0.5) is 0 Å². The Morgan fingerprint density at radius 3 is 2.78 bits per heavy atom. The molecule has 1 aromatic heterocycles. The summed E-state index contributed by atoms with van der Waals surface area (Å²) in [4.78, 5) is 15.4. The van der Waals surface area contributed by atoms with Crippen LogP contribution >= 0.6 is 28.3 Å². The zero-order valence-corrected chi connectivity index (χ0v) is 12.1. The van der Waals surface area contributed by atoms with Crippen molar-refractivity contribution in [2.24, 2.45) is 5.73 Å². The highest BCUT2D eigenvalue weighted by Gasteiger charge is 2.19. The average Bonchev–Trinajstić information content (AvgIpc) is 2.32. The first-order chi connectivity index (χ1) is 8.16. The van der Waals surface area contributed by atoms with Crippen LogP contribution in [0.25, 0.3) is 0 Å².